The summed E-state index contributed by atoms with van der Waals surface area (Å²) < 4.78 is 40.5. The zero-order chi connectivity index (χ0) is 9.00. The zero-order valence-corrected chi connectivity index (χ0v) is 6.03. The molecule has 0 spiro atoms. The van der Waals surface area contributed by atoms with Gasteiger partial charge in [-0.25, -0.2) is 4.57 Å². The van der Waals surface area contributed by atoms with Gasteiger partial charge in [-0.05, 0) is 0 Å². The van der Waals surface area contributed by atoms with Gasteiger partial charge in [-0.2, -0.15) is 8.42 Å². The van der Waals surface area contributed by atoms with Crippen LogP contribution in [0.5, 0.6) is 0 Å². The van der Waals surface area contributed by atoms with Crippen LogP contribution in [0, 0.1) is 0 Å². The van der Waals surface area contributed by atoms with E-state index in [9.17, 15) is 0 Å². The molecule has 0 saturated carbocycles. The standard InChI is InChI=1S/2K.Mg.H3O4P.H2O4S.4H/c;;;2*1-5(2,3)4;;;;/h;;;(H3,1,2,3,4);(H2,1,2,3,4);;;;. The average Bonchev–Trinajstić information content (AvgIpc) is 1.12. The van der Waals surface area contributed by atoms with E-state index in [1.807, 2.05) is 0 Å². The van der Waals surface area contributed by atoms with Crippen LogP contribution in [0.25, 0.3) is 0 Å². The Bertz CT molecular complexity index is 200. The van der Waals surface area contributed by atoms with Crippen molar-refractivity contribution in [2.75, 3.05) is 0 Å². The van der Waals surface area contributed by atoms with Crippen LogP contribution in [-0.2, 0) is 15.0 Å². The van der Waals surface area contributed by atoms with Crippen LogP contribution in [-0.4, -0.2) is 158 Å². The quantitative estimate of drug-likeness (QED) is 0.173. The van der Waals surface area contributed by atoms with Crippen LogP contribution in [0.2, 0.25) is 0 Å². The molecule has 0 saturated heterocycles. The molecule has 0 aliphatic heterocycles. The third-order valence-corrected chi connectivity index (χ3v) is 0. The Labute approximate surface area is 176 Å². The second-order valence-electron chi connectivity index (χ2n) is 0.961. The first-order chi connectivity index (χ1) is 4.00. The minimum Gasteiger partial charge on any atom is 0.316 e. The number of hydrogen-bond acceptors (Lipinski definition) is 3. The summed E-state index contributed by atoms with van der Waals surface area (Å²) >= 11 is 0. The molecule has 0 radical (unpaired) electrons. The van der Waals surface area contributed by atoms with Gasteiger partial charge in [-0.1, -0.05) is 0 Å². The van der Waals surface area contributed by atoms with Crippen LogP contribution in [0.1, 0.15) is 0 Å². The first-order valence-electron chi connectivity index (χ1n) is 1.48. The maximum Gasteiger partial charge on any atom is 0.316 e. The largest absolute Gasteiger partial charge is 0.316 e. The van der Waals surface area contributed by atoms with Gasteiger partial charge in [-0.3, -0.25) is 9.11 Å². The molecule has 0 aromatic heterocycles. The molecular weight excluding hydrogens is 294 g/mol. The average molecular weight is 303 g/mol. The minimum atomic E-state index is -4.67. The normalized spacial score (nSPS) is 9.00. The van der Waals surface area contributed by atoms with Crippen LogP contribution < -0.4 is 0 Å². The van der Waals surface area contributed by atoms with Crippen molar-refractivity contribution >= 4 is 144 Å². The molecular formula is H9K2MgO8PS. The summed E-state index contributed by atoms with van der Waals surface area (Å²) in [7, 11) is -9.31. The minimum absolute atomic E-state index is 0. The molecule has 0 aromatic carbocycles. The van der Waals surface area contributed by atoms with E-state index in [-0.39, 0.29) is 126 Å². The smallest absolute Gasteiger partial charge is 0.316 e. The summed E-state index contributed by atoms with van der Waals surface area (Å²) in [6.45, 7) is 0. The van der Waals surface area contributed by atoms with Gasteiger partial charge in [0.15, 0.2) is 0 Å². The second kappa shape index (κ2) is 14.1. The van der Waals surface area contributed by atoms with Gasteiger partial charge in [0, 0.05) is 0 Å². The summed E-state index contributed by atoms with van der Waals surface area (Å²) in [5.41, 5.74) is 0. The van der Waals surface area contributed by atoms with Crippen molar-refractivity contribution in [2.24, 2.45) is 0 Å². The van der Waals surface area contributed by atoms with Crippen molar-refractivity contribution in [1.29, 1.82) is 0 Å². The van der Waals surface area contributed by atoms with Crippen LogP contribution in [0.4, 0.5) is 0 Å². The van der Waals surface area contributed by atoms with Crippen molar-refractivity contribution in [3.63, 3.8) is 0 Å². The Morgan fingerprint density at radius 3 is 0.923 bits per heavy atom. The van der Waals surface area contributed by atoms with Gasteiger partial charge in [-0.15, -0.1) is 0 Å². The number of rotatable bonds is 0. The number of hydrogen-bond donors (Lipinski definition) is 5. The molecule has 13 heteroatoms. The molecule has 0 unspecified atom stereocenters. The van der Waals surface area contributed by atoms with E-state index in [4.69, 9.17) is 36.8 Å². The molecule has 13 heavy (non-hydrogen) atoms. The first-order valence-corrected chi connectivity index (χ1v) is 4.44. The maximum atomic E-state index is 8.88. The Kier molecular flexibility index (Phi) is 32.7. The summed E-state index contributed by atoms with van der Waals surface area (Å²) in [4.78, 5) is 21.6. The summed E-state index contributed by atoms with van der Waals surface area (Å²) in [5.74, 6) is 0. The van der Waals surface area contributed by atoms with E-state index in [0.29, 0.717) is 0 Å². The molecule has 0 aromatic rings. The molecule has 0 aliphatic carbocycles. The molecule has 0 aliphatic rings. The van der Waals surface area contributed by atoms with Crippen molar-refractivity contribution < 1.29 is 36.8 Å². The van der Waals surface area contributed by atoms with Crippen molar-refractivity contribution in [1.82, 2.24) is 0 Å². The monoisotopic (exact) mass is 302 g/mol. The molecule has 8 nitrogen and oxygen atoms in total. The predicted molar refractivity (Wildman–Crippen MR) is 51.3 cm³/mol. The van der Waals surface area contributed by atoms with Gasteiger partial charge in [0.05, 0.1) is 0 Å². The fourth-order valence-electron chi connectivity index (χ4n) is 0. The van der Waals surface area contributed by atoms with Gasteiger partial charge in [0.25, 0.3) is 0 Å². The molecule has 0 heterocycles. The Hall–Kier alpha value is 4.02. The maximum absolute atomic E-state index is 8.88. The first kappa shape index (κ1) is 30.2. The van der Waals surface area contributed by atoms with E-state index < -0.39 is 18.2 Å². The third kappa shape index (κ3) is 195. The molecule has 0 atom stereocenters. The van der Waals surface area contributed by atoms with Gasteiger partial charge < -0.3 is 14.7 Å². The Morgan fingerprint density at radius 2 is 0.923 bits per heavy atom. The predicted octanol–water partition coefficient (Wildman–Crippen LogP) is -3.79. The van der Waals surface area contributed by atoms with E-state index in [1.54, 1.807) is 0 Å². The van der Waals surface area contributed by atoms with E-state index in [1.165, 1.54) is 0 Å². The van der Waals surface area contributed by atoms with Crippen LogP contribution in [0.15, 0.2) is 0 Å². The molecule has 72 valence electrons. The van der Waals surface area contributed by atoms with Crippen molar-refractivity contribution in [3.8, 4) is 0 Å². The summed E-state index contributed by atoms with van der Waals surface area (Å²) in [6, 6.07) is 0. The van der Waals surface area contributed by atoms with Gasteiger partial charge >= 0.3 is 144 Å². The Balaban J connectivity index is -0.0000000267. The number of phosphoric acid groups is 1. The van der Waals surface area contributed by atoms with Crippen molar-refractivity contribution in [2.45, 2.75) is 0 Å². The molecule has 0 fully saturated rings. The third-order valence-electron chi connectivity index (χ3n) is 0. The van der Waals surface area contributed by atoms with E-state index in [0.717, 1.165) is 0 Å². The fourth-order valence-corrected chi connectivity index (χ4v) is 0. The van der Waals surface area contributed by atoms with Gasteiger partial charge in [0.1, 0.15) is 0 Å². The van der Waals surface area contributed by atoms with Crippen molar-refractivity contribution in [3.05, 3.63) is 0 Å². The molecule has 0 bridgehead atoms. The fraction of sp³-hybridized carbons (Fsp3) is 0. The van der Waals surface area contributed by atoms with Crippen LogP contribution >= 0.6 is 7.82 Å². The molecule has 5 N–H and O–H groups in total. The Morgan fingerprint density at radius 1 is 0.923 bits per heavy atom. The van der Waals surface area contributed by atoms with Gasteiger partial charge in [0.2, 0.25) is 0 Å². The molecule has 0 amide bonds. The summed E-state index contributed by atoms with van der Waals surface area (Å²) in [5, 5.41) is 0. The SMILES string of the molecule is O=P(O)(O)O.O=S(=O)(O)O.[KH].[KH].[MgH2]. The van der Waals surface area contributed by atoms with Crippen LogP contribution in [0.3, 0.4) is 0 Å². The van der Waals surface area contributed by atoms with E-state index >= 15 is 0 Å². The van der Waals surface area contributed by atoms with E-state index in [2.05, 4.69) is 0 Å². The zero-order valence-electron chi connectivity index (χ0n) is 4.32. The topological polar surface area (TPSA) is 152 Å². The second-order valence-corrected chi connectivity index (χ2v) is 2.88. The summed E-state index contributed by atoms with van der Waals surface area (Å²) in [6.07, 6.45) is 0. The molecule has 0 rings (SSSR count).